The Morgan fingerprint density at radius 2 is 2.14 bits per heavy atom. The number of benzene rings is 1. The van der Waals surface area contributed by atoms with E-state index in [1.807, 2.05) is 0 Å². The molecule has 0 amide bonds. The Kier molecular flexibility index (Phi) is 5.85. The molecule has 1 aliphatic carbocycles. The van der Waals surface area contributed by atoms with Crippen LogP contribution in [0.5, 0.6) is 0 Å². The first-order valence-corrected chi connectivity index (χ1v) is 10.5. The highest BCUT2D eigenvalue weighted by Gasteiger charge is 2.51. The van der Waals surface area contributed by atoms with Crippen molar-refractivity contribution in [2.45, 2.75) is 43.0 Å². The number of nitrogens with one attached hydrogen (secondary N) is 1. The molecule has 1 N–H and O–H groups in total. The molecule has 28 heavy (non-hydrogen) atoms. The number of hydrogen-bond donors (Lipinski definition) is 1. The molecule has 3 atom stereocenters. The summed E-state index contributed by atoms with van der Waals surface area (Å²) in [5.74, 6) is -1.71. The molecule has 0 aromatic heterocycles. The molecule has 0 bridgehead atoms. The van der Waals surface area contributed by atoms with Gasteiger partial charge in [-0.3, -0.25) is 0 Å². The van der Waals surface area contributed by atoms with Gasteiger partial charge in [-0.1, -0.05) is 11.6 Å². The molecule has 9 heteroatoms. The monoisotopic (exact) mass is 429 g/mol. The third kappa shape index (κ3) is 4.02. The van der Waals surface area contributed by atoms with Gasteiger partial charge >= 0.3 is 5.97 Å². The second-order valence-electron chi connectivity index (χ2n) is 6.85. The topological polar surface area (TPSA) is 66.0 Å². The van der Waals surface area contributed by atoms with E-state index < -0.39 is 17.6 Å². The molecule has 1 spiro atoms. The molecule has 6 nitrogen and oxygen atoms in total. The van der Waals surface area contributed by atoms with Crippen LogP contribution in [0.25, 0.3) is 0 Å². The van der Waals surface area contributed by atoms with E-state index in [9.17, 15) is 9.18 Å². The molecular weight excluding hydrogens is 409 g/mol. The Labute approximate surface area is 171 Å². The van der Waals surface area contributed by atoms with Crippen molar-refractivity contribution in [3.63, 3.8) is 0 Å². The number of rotatable bonds is 5. The van der Waals surface area contributed by atoms with Gasteiger partial charge in [-0.05, 0) is 49.6 Å². The van der Waals surface area contributed by atoms with Gasteiger partial charge in [0.1, 0.15) is 18.0 Å². The second-order valence-corrected chi connectivity index (χ2v) is 8.27. The minimum atomic E-state index is -0.911. The lowest BCUT2D eigenvalue weighted by Crippen LogP contribution is -2.38. The Bertz CT molecular complexity index is 780. The fraction of sp³-hybridized carbons (Fsp3) is 0.526. The molecular formula is C19H21ClFNO5S. The number of carbonyl (C=O) groups is 1. The molecule has 2 aliphatic heterocycles. The highest BCUT2D eigenvalue weighted by Crippen LogP contribution is 2.44. The number of anilines is 1. The quantitative estimate of drug-likeness (QED) is 0.565. The van der Waals surface area contributed by atoms with Gasteiger partial charge in [0.05, 0.1) is 41.4 Å². The first-order valence-electron chi connectivity index (χ1n) is 9.19. The highest BCUT2D eigenvalue weighted by atomic mass is 35.5. The summed E-state index contributed by atoms with van der Waals surface area (Å²) in [6.07, 6.45) is 2.78. The summed E-state index contributed by atoms with van der Waals surface area (Å²) in [4.78, 5) is 12.6. The van der Waals surface area contributed by atoms with E-state index in [1.54, 1.807) is 19.1 Å². The number of esters is 1. The fourth-order valence-corrected chi connectivity index (χ4v) is 4.83. The van der Waals surface area contributed by atoms with Gasteiger partial charge in [0.15, 0.2) is 5.79 Å². The molecule has 2 heterocycles. The standard InChI is InChI=1S/C19H21ClFNO5S/c1-2-25-18(23)12-8-19(26-15-9-24-10-16(15)27-19)6-5-17(12)28-22-14-4-3-11(21)7-13(14)20/h3-4,7-8,15-17,22H,2,5-6,9-10H2,1H3. The lowest BCUT2D eigenvalue weighted by Gasteiger charge is -2.34. The lowest BCUT2D eigenvalue weighted by molar-refractivity contribution is -0.165. The third-order valence-corrected chi connectivity index (χ3v) is 6.34. The summed E-state index contributed by atoms with van der Waals surface area (Å²) >= 11 is 7.41. The summed E-state index contributed by atoms with van der Waals surface area (Å²) in [5, 5.41) is 0.0893. The van der Waals surface area contributed by atoms with E-state index in [1.165, 1.54) is 24.1 Å². The molecule has 0 saturated carbocycles. The van der Waals surface area contributed by atoms with Gasteiger partial charge in [0.25, 0.3) is 0 Å². The van der Waals surface area contributed by atoms with Crippen molar-refractivity contribution < 1.29 is 28.1 Å². The average Bonchev–Trinajstić information content (AvgIpc) is 3.21. The fourth-order valence-electron chi connectivity index (χ4n) is 3.58. The zero-order chi connectivity index (χ0) is 19.7. The van der Waals surface area contributed by atoms with Crippen LogP contribution < -0.4 is 4.72 Å². The first-order chi connectivity index (χ1) is 13.5. The van der Waals surface area contributed by atoms with Crippen LogP contribution in [-0.2, 0) is 23.7 Å². The normalized spacial score (nSPS) is 31.5. The van der Waals surface area contributed by atoms with Crippen molar-refractivity contribution >= 4 is 35.2 Å². The van der Waals surface area contributed by atoms with E-state index in [0.717, 1.165) is 0 Å². The molecule has 2 fully saturated rings. The van der Waals surface area contributed by atoms with Gasteiger partial charge in [-0.2, -0.15) is 0 Å². The predicted molar refractivity (Wildman–Crippen MR) is 104 cm³/mol. The van der Waals surface area contributed by atoms with Crippen molar-refractivity contribution in [2.24, 2.45) is 0 Å². The van der Waals surface area contributed by atoms with E-state index in [-0.39, 0.29) is 29.1 Å². The Morgan fingerprint density at radius 3 is 2.82 bits per heavy atom. The minimum Gasteiger partial charge on any atom is -0.463 e. The summed E-state index contributed by atoms with van der Waals surface area (Å²) < 4.78 is 39.2. The van der Waals surface area contributed by atoms with Gasteiger partial charge < -0.3 is 23.7 Å². The molecule has 1 aromatic rings. The minimum absolute atomic E-state index is 0.111. The number of carbonyl (C=O) groups excluding carboxylic acids is 1. The van der Waals surface area contributed by atoms with Crippen LogP contribution in [0.15, 0.2) is 29.8 Å². The van der Waals surface area contributed by atoms with E-state index in [2.05, 4.69) is 4.72 Å². The van der Waals surface area contributed by atoms with Crippen molar-refractivity contribution in [3.8, 4) is 0 Å². The molecule has 1 aromatic carbocycles. The van der Waals surface area contributed by atoms with Crippen LogP contribution in [0.4, 0.5) is 10.1 Å². The van der Waals surface area contributed by atoms with Crippen molar-refractivity contribution in [1.82, 2.24) is 0 Å². The molecule has 2 saturated heterocycles. The summed E-state index contributed by atoms with van der Waals surface area (Å²) in [5.41, 5.74) is 1.07. The van der Waals surface area contributed by atoms with E-state index in [0.29, 0.717) is 37.3 Å². The van der Waals surface area contributed by atoms with Gasteiger partial charge in [0, 0.05) is 6.42 Å². The average molecular weight is 430 g/mol. The van der Waals surface area contributed by atoms with E-state index >= 15 is 0 Å². The second kappa shape index (κ2) is 8.20. The first kappa shape index (κ1) is 20.0. The zero-order valence-corrected chi connectivity index (χ0v) is 16.9. The van der Waals surface area contributed by atoms with Crippen molar-refractivity contribution in [2.75, 3.05) is 24.5 Å². The maximum atomic E-state index is 13.2. The zero-order valence-electron chi connectivity index (χ0n) is 15.3. The smallest absolute Gasteiger partial charge is 0.335 e. The number of hydrogen-bond acceptors (Lipinski definition) is 7. The van der Waals surface area contributed by atoms with E-state index in [4.69, 9.17) is 30.5 Å². The van der Waals surface area contributed by atoms with Crippen LogP contribution in [0.3, 0.4) is 0 Å². The number of halogens is 2. The predicted octanol–water partition coefficient (Wildman–Crippen LogP) is 3.70. The third-order valence-electron chi connectivity index (χ3n) is 4.91. The van der Waals surface area contributed by atoms with Gasteiger partial charge in [-0.15, -0.1) is 0 Å². The highest BCUT2D eigenvalue weighted by molar-refractivity contribution is 8.01. The summed E-state index contributed by atoms with van der Waals surface area (Å²) in [6.45, 7) is 3.04. The Hall–Kier alpha value is -1.32. The van der Waals surface area contributed by atoms with Crippen LogP contribution in [0, 0.1) is 5.82 Å². The Morgan fingerprint density at radius 1 is 1.39 bits per heavy atom. The summed E-state index contributed by atoms with van der Waals surface area (Å²) in [6, 6.07) is 4.13. The van der Waals surface area contributed by atoms with Gasteiger partial charge in [-0.25, -0.2) is 9.18 Å². The number of ether oxygens (including phenoxy) is 4. The van der Waals surface area contributed by atoms with Crippen molar-refractivity contribution in [3.05, 3.63) is 40.7 Å². The largest absolute Gasteiger partial charge is 0.463 e. The summed E-state index contributed by atoms with van der Waals surface area (Å²) in [7, 11) is 0. The van der Waals surface area contributed by atoms with Crippen LogP contribution in [-0.4, -0.2) is 49.0 Å². The van der Waals surface area contributed by atoms with Crippen LogP contribution >= 0.6 is 23.5 Å². The SMILES string of the molecule is CCOC(=O)C1=CC2(CCC1SNc1ccc(F)cc1Cl)OC1COCC1O2. The molecule has 3 aliphatic rings. The van der Waals surface area contributed by atoms with Crippen LogP contribution in [0.1, 0.15) is 19.8 Å². The van der Waals surface area contributed by atoms with Crippen molar-refractivity contribution in [1.29, 1.82) is 0 Å². The number of fused-ring (bicyclic) bond motifs is 1. The Balaban J connectivity index is 1.52. The lowest BCUT2D eigenvalue weighted by atomic mass is 9.94. The molecule has 3 unspecified atom stereocenters. The molecule has 4 rings (SSSR count). The van der Waals surface area contributed by atoms with Crippen LogP contribution in [0.2, 0.25) is 5.02 Å². The maximum absolute atomic E-state index is 13.2. The molecule has 0 radical (unpaired) electrons. The van der Waals surface area contributed by atoms with Gasteiger partial charge in [0.2, 0.25) is 0 Å². The maximum Gasteiger partial charge on any atom is 0.335 e. The molecule has 152 valence electrons.